The molecular weight excluding hydrogens is 414 g/mol. The summed E-state index contributed by atoms with van der Waals surface area (Å²) in [4.78, 5) is 23.0. The van der Waals surface area contributed by atoms with Gasteiger partial charge in [0.05, 0.1) is 16.3 Å². The highest BCUT2D eigenvalue weighted by molar-refractivity contribution is 8.19. The summed E-state index contributed by atoms with van der Waals surface area (Å²) < 4.78 is 0. The molecule has 2 aliphatic rings. The fourth-order valence-electron chi connectivity index (χ4n) is 4.05. The molecule has 2 fully saturated rings. The molecule has 0 spiro atoms. The Morgan fingerprint density at radius 1 is 0.750 bits per heavy atom. The maximum Gasteiger partial charge on any atom is 0.271 e. The van der Waals surface area contributed by atoms with E-state index < -0.39 is 0 Å². The molecule has 0 N–H and O–H groups in total. The van der Waals surface area contributed by atoms with Crippen molar-refractivity contribution in [2.75, 3.05) is 22.9 Å². The third-order valence-electron chi connectivity index (χ3n) is 5.71. The lowest BCUT2D eigenvalue weighted by Crippen LogP contribution is -2.29. The highest BCUT2D eigenvalue weighted by atomic mass is 32.2. The molecule has 0 saturated carbocycles. The van der Waals surface area contributed by atoms with Crippen LogP contribution < -0.4 is 9.80 Å². The summed E-state index contributed by atoms with van der Waals surface area (Å²) in [5, 5.41) is 0.670. The van der Waals surface area contributed by atoms with Gasteiger partial charge in [-0.05, 0) is 79.1 Å². The van der Waals surface area contributed by atoms with Gasteiger partial charge < -0.3 is 4.90 Å². The number of aliphatic imine (C=N–C) groups is 1. The second-order valence-corrected chi connectivity index (χ2v) is 8.97. The van der Waals surface area contributed by atoms with E-state index in [0.29, 0.717) is 10.1 Å². The van der Waals surface area contributed by atoms with Crippen LogP contribution in [-0.4, -0.2) is 24.2 Å². The first kappa shape index (κ1) is 20.6. The van der Waals surface area contributed by atoms with Gasteiger partial charge in [0, 0.05) is 18.8 Å². The number of carbonyl (C=O) groups excluding carboxylic acids is 1. The number of amides is 1. The first-order valence-electron chi connectivity index (χ1n) is 11.1. The lowest BCUT2D eigenvalue weighted by molar-refractivity contribution is -0.113. The number of piperidine rings is 1. The van der Waals surface area contributed by atoms with Crippen LogP contribution in [0.2, 0.25) is 0 Å². The van der Waals surface area contributed by atoms with Crippen molar-refractivity contribution in [3.63, 3.8) is 0 Å². The Balaban J connectivity index is 1.44. The number of carbonyl (C=O) groups is 1. The monoisotopic (exact) mass is 439 g/mol. The highest BCUT2D eigenvalue weighted by Gasteiger charge is 2.34. The number of hydrogen-bond acceptors (Lipinski definition) is 4. The van der Waals surface area contributed by atoms with Crippen molar-refractivity contribution in [3.05, 3.63) is 95.4 Å². The first-order valence-corrected chi connectivity index (χ1v) is 11.9. The van der Waals surface area contributed by atoms with Crippen molar-refractivity contribution in [1.29, 1.82) is 0 Å². The van der Waals surface area contributed by atoms with Crippen LogP contribution in [0.5, 0.6) is 0 Å². The summed E-state index contributed by atoms with van der Waals surface area (Å²) in [6.07, 6.45) is 5.81. The first-order chi connectivity index (χ1) is 15.8. The van der Waals surface area contributed by atoms with E-state index in [4.69, 9.17) is 4.99 Å². The van der Waals surface area contributed by atoms with Crippen LogP contribution in [0.25, 0.3) is 6.08 Å². The van der Waals surface area contributed by atoms with E-state index in [1.54, 1.807) is 4.90 Å². The van der Waals surface area contributed by atoms with Crippen LogP contribution in [0, 0.1) is 0 Å². The molecule has 2 aliphatic heterocycles. The van der Waals surface area contributed by atoms with Gasteiger partial charge in [0.1, 0.15) is 0 Å². The van der Waals surface area contributed by atoms with Crippen molar-refractivity contribution >= 4 is 46.0 Å². The Hall–Kier alpha value is -3.31. The molecule has 0 atom stereocenters. The fraction of sp³-hybridized carbons (Fsp3) is 0.185. The Morgan fingerprint density at radius 2 is 1.41 bits per heavy atom. The van der Waals surface area contributed by atoms with Crippen LogP contribution in [0.4, 0.5) is 17.1 Å². The van der Waals surface area contributed by atoms with Gasteiger partial charge >= 0.3 is 0 Å². The normalized spacial score (nSPS) is 19.2. The van der Waals surface area contributed by atoms with E-state index in [1.165, 1.54) is 36.7 Å². The average molecular weight is 440 g/mol. The smallest absolute Gasteiger partial charge is 0.271 e. The molecule has 5 heteroatoms. The zero-order chi connectivity index (χ0) is 21.8. The topological polar surface area (TPSA) is 35.9 Å². The Morgan fingerprint density at radius 3 is 2.09 bits per heavy atom. The summed E-state index contributed by atoms with van der Waals surface area (Å²) >= 11 is 1.42. The zero-order valence-corrected chi connectivity index (χ0v) is 18.7. The van der Waals surface area contributed by atoms with Gasteiger partial charge in [-0.15, -0.1) is 0 Å². The molecule has 3 aromatic rings. The largest absolute Gasteiger partial charge is 0.372 e. The molecule has 0 aliphatic carbocycles. The number of anilines is 2. The van der Waals surface area contributed by atoms with E-state index in [2.05, 4.69) is 29.2 Å². The van der Waals surface area contributed by atoms with E-state index in [0.717, 1.165) is 30.0 Å². The van der Waals surface area contributed by atoms with E-state index in [1.807, 2.05) is 66.7 Å². The van der Waals surface area contributed by atoms with Crippen molar-refractivity contribution in [2.45, 2.75) is 19.3 Å². The Labute approximate surface area is 193 Å². The van der Waals surface area contributed by atoms with E-state index >= 15 is 0 Å². The Kier molecular flexibility index (Phi) is 6.08. The van der Waals surface area contributed by atoms with E-state index in [-0.39, 0.29) is 5.91 Å². The van der Waals surface area contributed by atoms with Crippen LogP contribution in [0.15, 0.2) is 94.8 Å². The molecule has 1 amide bonds. The van der Waals surface area contributed by atoms with Gasteiger partial charge in [0.25, 0.3) is 5.91 Å². The van der Waals surface area contributed by atoms with Crippen LogP contribution >= 0.6 is 11.8 Å². The summed E-state index contributed by atoms with van der Waals surface area (Å²) in [7, 11) is 0. The molecule has 0 aromatic heterocycles. The average Bonchev–Trinajstić information content (AvgIpc) is 3.15. The summed E-state index contributed by atoms with van der Waals surface area (Å²) in [6, 6.07) is 28.0. The van der Waals surface area contributed by atoms with Crippen molar-refractivity contribution in [3.8, 4) is 0 Å². The number of nitrogens with zero attached hydrogens (tertiary/aromatic N) is 3. The maximum atomic E-state index is 13.4. The molecule has 2 heterocycles. The second-order valence-electron chi connectivity index (χ2n) is 7.96. The number of para-hydroxylation sites is 2. The molecular formula is C27H25N3OS. The van der Waals surface area contributed by atoms with Crippen molar-refractivity contribution in [2.24, 2.45) is 4.99 Å². The summed E-state index contributed by atoms with van der Waals surface area (Å²) in [6.45, 7) is 2.25. The van der Waals surface area contributed by atoms with Crippen LogP contribution in [0.1, 0.15) is 24.8 Å². The quantitative estimate of drug-likeness (QED) is 0.436. The second kappa shape index (κ2) is 9.45. The maximum absolute atomic E-state index is 13.4. The van der Waals surface area contributed by atoms with Crippen LogP contribution in [0.3, 0.4) is 0 Å². The summed E-state index contributed by atoms with van der Waals surface area (Å²) in [5.41, 5.74) is 3.93. The molecule has 32 heavy (non-hydrogen) atoms. The molecule has 5 rings (SSSR count). The molecule has 2 saturated heterocycles. The van der Waals surface area contributed by atoms with Gasteiger partial charge in [0.2, 0.25) is 0 Å². The standard InChI is InChI=1S/C27H25N3OS/c31-26-25(20-21-14-16-23(17-15-21)29-18-8-3-9-19-29)32-27(28-22-10-4-1-5-11-22)30(26)24-12-6-2-7-13-24/h1-2,4-7,10-17,20H,3,8-9,18-19H2/b25-20-,28-27?. The molecule has 4 nitrogen and oxygen atoms in total. The SMILES string of the molecule is O=C1/C(=C/c2ccc(N3CCCCC3)cc2)SC(=Nc2ccccc2)N1c1ccccc1. The molecule has 0 bridgehead atoms. The van der Waals surface area contributed by atoms with Gasteiger partial charge in [-0.3, -0.25) is 9.69 Å². The van der Waals surface area contributed by atoms with Crippen LogP contribution in [-0.2, 0) is 4.79 Å². The zero-order valence-electron chi connectivity index (χ0n) is 17.9. The molecule has 3 aromatic carbocycles. The van der Waals surface area contributed by atoms with Gasteiger partial charge in [-0.25, -0.2) is 4.99 Å². The summed E-state index contributed by atoms with van der Waals surface area (Å²) in [5.74, 6) is -0.0454. The third kappa shape index (κ3) is 4.48. The van der Waals surface area contributed by atoms with Crippen molar-refractivity contribution < 1.29 is 4.79 Å². The number of thioether (sulfide) groups is 1. The Bertz CT molecular complexity index is 1130. The number of amidine groups is 1. The van der Waals surface area contributed by atoms with Crippen molar-refractivity contribution in [1.82, 2.24) is 0 Å². The number of rotatable bonds is 4. The third-order valence-corrected chi connectivity index (χ3v) is 6.68. The fourth-order valence-corrected chi connectivity index (χ4v) is 5.05. The molecule has 160 valence electrons. The van der Waals surface area contributed by atoms with Gasteiger partial charge in [-0.2, -0.15) is 0 Å². The minimum absolute atomic E-state index is 0.0454. The number of hydrogen-bond donors (Lipinski definition) is 0. The minimum Gasteiger partial charge on any atom is -0.372 e. The molecule has 0 unspecified atom stereocenters. The molecule has 0 radical (unpaired) electrons. The van der Waals surface area contributed by atoms with Gasteiger partial charge in [0.15, 0.2) is 5.17 Å². The number of benzene rings is 3. The highest BCUT2D eigenvalue weighted by Crippen LogP contribution is 2.37. The predicted molar refractivity (Wildman–Crippen MR) is 136 cm³/mol. The lowest BCUT2D eigenvalue weighted by atomic mass is 10.1. The lowest BCUT2D eigenvalue weighted by Gasteiger charge is -2.28. The van der Waals surface area contributed by atoms with Gasteiger partial charge in [-0.1, -0.05) is 48.5 Å². The van der Waals surface area contributed by atoms with E-state index in [9.17, 15) is 4.79 Å². The minimum atomic E-state index is -0.0454. The predicted octanol–water partition coefficient (Wildman–Crippen LogP) is 6.49.